The minimum atomic E-state index is -0.405. The molecular formula is C12H21N3OS. The van der Waals surface area contributed by atoms with Crippen molar-refractivity contribution < 1.29 is 4.79 Å². The molecule has 0 saturated carbocycles. The maximum Gasteiger partial charge on any atom is 0.237 e. The number of amides is 1. The third-order valence-corrected chi connectivity index (χ3v) is 3.89. The van der Waals surface area contributed by atoms with Crippen molar-refractivity contribution in [2.24, 2.45) is 11.7 Å². The first kappa shape index (κ1) is 14.1. The number of rotatable bonds is 6. The van der Waals surface area contributed by atoms with E-state index >= 15 is 0 Å². The highest BCUT2D eigenvalue weighted by Crippen LogP contribution is 2.09. The van der Waals surface area contributed by atoms with Gasteiger partial charge in [-0.2, -0.15) is 0 Å². The first-order valence-electron chi connectivity index (χ1n) is 5.98. The Kier molecular flexibility index (Phi) is 5.58. The van der Waals surface area contributed by atoms with Gasteiger partial charge in [-0.05, 0) is 12.8 Å². The Morgan fingerprint density at radius 1 is 1.65 bits per heavy atom. The molecular weight excluding hydrogens is 234 g/mol. The van der Waals surface area contributed by atoms with Crippen LogP contribution in [0.15, 0.2) is 5.38 Å². The molecule has 0 aliphatic carbocycles. The van der Waals surface area contributed by atoms with Crippen molar-refractivity contribution in [3.8, 4) is 0 Å². The predicted molar refractivity (Wildman–Crippen MR) is 71.0 cm³/mol. The second-order valence-electron chi connectivity index (χ2n) is 4.33. The fourth-order valence-corrected chi connectivity index (χ4v) is 2.22. The van der Waals surface area contributed by atoms with Gasteiger partial charge in [-0.1, -0.05) is 20.3 Å². The van der Waals surface area contributed by atoms with Crippen LogP contribution in [-0.2, 0) is 11.2 Å². The number of thiazole rings is 1. The van der Waals surface area contributed by atoms with Crippen LogP contribution in [0.2, 0.25) is 0 Å². The molecule has 1 amide bonds. The van der Waals surface area contributed by atoms with Crippen molar-refractivity contribution in [1.82, 2.24) is 10.3 Å². The molecule has 0 aliphatic rings. The molecule has 0 spiro atoms. The Morgan fingerprint density at radius 3 is 2.88 bits per heavy atom. The fourth-order valence-electron chi connectivity index (χ4n) is 1.44. The highest BCUT2D eigenvalue weighted by Gasteiger charge is 2.18. The van der Waals surface area contributed by atoms with Gasteiger partial charge in [-0.3, -0.25) is 4.79 Å². The number of aryl methyl sites for hydroxylation is 1. The molecule has 96 valence electrons. The molecule has 1 heterocycles. The van der Waals surface area contributed by atoms with E-state index in [0.717, 1.165) is 23.5 Å². The van der Waals surface area contributed by atoms with E-state index in [4.69, 9.17) is 5.73 Å². The van der Waals surface area contributed by atoms with Crippen LogP contribution in [-0.4, -0.2) is 23.5 Å². The summed E-state index contributed by atoms with van der Waals surface area (Å²) in [4.78, 5) is 16.0. The van der Waals surface area contributed by atoms with Crippen LogP contribution in [0.5, 0.6) is 0 Å². The van der Waals surface area contributed by atoms with Gasteiger partial charge < -0.3 is 11.1 Å². The molecule has 0 radical (unpaired) electrons. The number of carbonyl (C=O) groups is 1. The highest BCUT2D eigenvalue weighted by molar-refractivity contribution is 7.09. The molecule has 1 rings (SSSR count). The molecule has 1 unspecified atom stereocenters. The van der Waals surface area contributed by atoms with Crippen molar-refractivity contribution in [3.63, 3.8) is 0 Å². The van der Waals surface area contributed by atoms with Gasteiger partial charge in [-0.15, -0.1) is 11.3 Å². The third kappa shape index (κ3) is 4.44. The largest absolute Gasteiger partial charge is 0.354 e. The fraction of sp³-hybridized carbons (Fsp3) is 0.667. The lowest BCUT2D eigenvalue weighted by molar-refractivity contribution is -0.123. The molecule has 0 aromatic carbocycles. The number of nitrogens with zero attached hydrogens (tertiary/aromatic N) is 1. The second kappa shape index (κ2) is 6.71. The molecule has 1 aromatic heterocycles. The van der Waals surface area contributed by atoms with Gasteiger partial charge in [0, 0.05) is 24.0 Å². The lowest BCUT2D eigenvalue weighted by Crippen LogP contribution is -2.45. The van der Waals surface area contributed by atoms with Crippen molar-refractivity contribution in [3.05, 3.63) is 16.1 Å². The zero-order valence-corrected chi connectivity index (χ0v) is 11.5. The van der Waals surface area contributed by atoms with Crippen molar-refractivity contribution in [1.29, 1.82) is 0 Å². The van der Waals surface area contributed by atoms with E-state index in [-0.39, 0.29) is 11.8 Å². The van der Waals surface area contributed by atoms with E-state index in [1.54, 1.807) is 11.3 Å². The van der Waals surface area contributed by atoms with Crippen LogP contribution in [0, 0.1) is 12.8 Å². The molecule has 1 aromatic rings. The first-order chi connectivity index (χ1) is 8.04. The van der Waals surface area contributed by atoms with Gasteiger partial charge in [0.05, 0.1) is 11.0 Å². The van der Waals surface area contributed by atoms with Crippen LogP contribution in [0.1, 0.15) is 31.0 Å². The molecule has 0 fully saturated rings. The van der Waals surface area contributed by atoms with Crippen molar-refractivity contribution in [2.45, 2.75) is 39.7 Å². The quantitative estimate of drug-likeness (QED) is 0.809. The molecule has 0 bridgehead atoms. The summed E-state index contributed by atoms with van der Waals surface area (Å²) in [6, 6.07) is -0.405. The van der Waals surface area contributed by atoms with Crippen LogP contribution < -0.4 is 11.1 Å². The Bertz CT molecular complexity index is 364. The SMILES string of the molecule is CCC(C)[C@H](N)C(=O)NCCc1nc(C)cs1. The van der Waals surface area contributed by atoms with Crippen LogP contribution in [0.25, 0.3) is 0 Å². The lowest BCUT2D eigenvalue weighted by atomic mass is 9.99. The predicted octanol–water partition coefficient (Wildman–Crippen LogP) is 1.48. The van der Waals surface area contributed by atoms with Crippen LogP contribution in [0.3, 0.4) is 0 Å². The van der Waals surface area contributed by atoms with Gasteiger partial charge in [-0.25, -0.2) is 4.98 Å². The number of nitrogens with two attached hydrogens (primary N) is 1. The van der Waals surface area contributed by atoms with Gasteiger partial charge >= 0.3 is 0 Å². The number of hydrogen-bond acceptors (Lipinski definition) is 4. The van der Waals surface area contributed by atoms with E-state index in [0.29, 0.717) is 6.54 Å². The summed E-state index contributed by atoms with van der Waals surface area (Å²) in [6.45, 7) is 6.61. The van der Waals surface area contributed by atoms with Gasteiger partial charge in [0.1, 0.15) is 0 Å². The van der Waals surface area contributed by atoms with Crippen molar-refractivity contribution in [2.75, 3.05) is 6.54 Å². The topological polar surface area (TPSA) is 68.0 Å². The number of nitrogens with one attached hydrogen (secondary N) is 1. The Morgan fingerprint density at radius 2 is 2.35 bits per heavy atom. The molecule has 5 heteroatoms. The third-order valence-electron chi connectivity index (χ3n) is 2.86. The van der Waals surface area contributed by atoms with E-state index in [9.17, 15) is 4.79 Å². The first-order valence-corrected chi connectivity index (χ1v) is 6.86. The summed E-state index contributed by atoms with van der Waals surface area (Å²) in [5.74, 6) is 0.157. The Balaban J connectivity index is 2.29. The molecule has 2 atom stereocenters. The summed E-state index contributed by atoms with van der Waals surface area (Å²) >= 11 is 1.63. The standard InChI is InChI=1S/C12H21N3OS/c1-4-8(2)11(13)12(16)14-6-5-10-15-9(3)7-17-10/h7-8,11H,4-6,13H2,1-3H3,(H,14,16)/t8?,11-/m0/s1. The van der Waals surface area contributed by atoms with Gasteiger partial charge in [0.25, 0.3) is 0 Å². The average molecular weight is 255 g/mol. The van der Waals surface area contributed by atoms with Gasteiger partial charge in [0.15, 0.2) is 0 Å². The van der Waals surface area contributed by atoms with E-state index in [1.165, 1.54) is 0 Å². The summed E-state index contributed by atoms with van der Waals surface area (Å²) in [7, 11) is 0. The molecule has 4 nitrogen and oxygen atoms in total. The molecule has 0 saturated heterocycles. The lowest BCUT2D eigenvalue weighted by Gasteiger charge is -2.17. The molecule has 0 aliphatic heterocycles. The van der Waals surface area contributed by atoms with E-state index < -0.39 is 6.04 Å². The van der Waals surface area contributed by atoms with Crippen LogP contribution in [0.4, 0.5) is 0 Å². The molecule has 17 heavy (non-hydrogen) atoms. The molecule has 3 N–H and O–H groups in total. The monoisotopic (exact) mass is 255 g/mol. The Labute approximate surface area is 107 Å². The Hall–Kier alpha value is -0.940. The highest BCUT2D eigenvalue weighted by atomic mass is 32.1. The number of aromatic nitrogens is 1. The number of hydrogen-bond donors (Lipinski definition) is 2. The van der Waals surface area contributed by atoms with Crippen molar-refractivity contribution >= 4 is 17.2 Å². The maximum absolute atomic E-state index is 11.7. The minimum Gasteiger partial charge on any atom is -0.354 e. The summed E-state index contributed by atoms with van der Waals surface area (Å²) < 4.78 is 0. The average Bonchev–Trinajstić information content (AvgIpc) is 2.72. The normalized spacial score (nSPS) is 14.4. The van der Waals surface area contributed by atoms with Crippen LogP contribution >= 0.6 is 11.3 Å². The second-order valence-corrected chi connectivity index (χ2v) is 5.28. The summed E-state index contributed by atoms with van der Waals surface area (Å²) in [6.07, 6.45) is 1.69. The zero-order valence-electron chi connectivity index (χ0n) is 10.7. The van der Waals surface area contributed by atoms with E-state index in [1.807, 2.05) is 26.2 Å². The number of carbonyl (C=O) groups excluding carboxylic acids is 1. The summed E-state index contributed by atoms with van der Waals surface area (Å²) in [5.41, 5.74) is 6.86. The minimum absolute atomic E-state index is 0.0624. The van der Waals surface area contributed by atoms with Gasteiger partial charge in [0.2, 0.25) is 5.91 Å². The smallest absolute Gasteiger partial charge is 0.237 e. The van der Waals surface area contributed by atoms with E-state index in [2.05, 4.69) is 10.3 Å². The summed E-state index contributed by atoms with van der Waals surface area (Å²) in [5, 5.41) is 5.93. The maximum atomic E-state index is 11.7. The zero-order chi connectivity index (χ0) is 12.8.